The predicted octanol–water partition coefficient (Wildman–Crippen LogP) is 0.654. The van der Waals surface area contributed by atoms with Gasteiger partial charge in [-0.25, -0.2) is 0 Å². The molecule has 2 heterocycles. The summed E-state index contributed by atoms with van der Waals surface area (Å²) < 4.78 is 0. The van der Waals surface area contributed by atoms with Gasteiger partial charge in [0.2, 0.25) is 0 Å². The minimum Gasteiger partial charge on any atom is -0.302 e. The lowest BCUT2D eigenvalue weighted by Gasteiger charge is -2.24. The second kappa shape index (κ2) is 7.39. The van der Waals surface area contributed by atoms with Crippen molar-refractivity contribution in [3.8, 4) is 0 Å². The maximum Gasteiger partial charge on any atom is 0.160 e. The topological polar surface area (TPSA) is 75.3 Å². The van der Waals surface area contributed by atoms with E-state index in [1.54, 1.807) is 0 Å². The molecule has 4 atom stereocenters. The van der Waals surface area contributed by atoms with Crippen molar-refractivity contribution in [2.45, 2.75) is 24.9 Å². The number of rotatable bonds is 5. The molecule has 2 aliphatic heterocycles. The molecule has 5 nitrogen and oxygen atoms in total. The number of fused-ring (bicyclic) bond motifs is 1. The second-order valence-electron chi connectivity index (χ2n) is 7.47. The van der Waals surface area contributed by atoms with Gasteiger partial charge in [-0.3, -0.25) is 9.59 Å². The highest BCUT2D eigenvalue weighted by Gasteiger charge is 2.49. The summed E-state index contributed by atoms with van der Waals surface area (Å²) >= 11 is 10.7. The molecule has 3 aliphatic rings. The van der Waals surface area contributed by atoms with Crippen LogP contribution < -0.4 is 10.6 Å². The Balaban J connectivity index is 1.55. The zero-order chi connectivity index (χ0) is 19.1. The minimum atomic E-state index is -0.695. The van der Waals surface area contributed by atoms with Crippen LogP contribution in [0.25, 0.3) is 0 Å². The highest BCUT2D eigenvalue weighted by Crippen LogP contribution is 2.32. The van der Waals surface area contributed by atoms with E-state index in [1.807, 2.05) is 24.3 Å². The molecule has 2 unspecified atom stereocenters. The standard InChI is InChI=1S/C20H20N2O3S2/c23-9-13-16(14(26)7-21-13)20(25)18-17(15(27)8-22-18)19(24)12-5-10-3-1-2-4-11(10)6-12/h1-4,9,12-13,16-18,21-22H,5-8H2/t13-,16?,17?,18+/m1/s1. The molecule has 27 heavy (non-hydrogen) atoms. The molecule has 2 N–H and O–H groups in total. The number of thiocarbonyl (C=S) groups is 2. The molecule has 0 saturated carbocycles. The third-order valence-corrected chi connectivity index (χ3v) is 6.71. The van der Waals surface area contributed by atoms with Crippen LogP contribution in [0, 0.1) is 17.8 Å². The van der Waals surface area contributed by atoms with Crippen LogP contribution in [0.5, 0.6) is 0 Å². The van der Waals surface area contributed by atoms with Crippen LogP contribution >= 0.6 is 24.4 Å². The van der Waals surface area contributed by atoms with Crippen LogP contribution in [-0.4, -0.2) is 52.8 Å². The molecule has 140 valence electrons. The van der Waals surface area contributed by atoms with Crippen LogP contribution in [-0.2, 0) is 27.2 Å². The summed E-state index contributed by atoms with van der Waals surface area (Å²) in [5.74, 6) is -1.62. The van der Waals surface area contributed by atoms with Crippen LogP contribution in [0.15, 0.2) is 24.3 Å². The number of carbonyl (C=O) groups excluding carboxylic acids is 3. The highest BCUT2D eigenvalue weighted by molar-refractivity contribution is 7.80. The lowest BCUT2D eigenvalue weighted by atomic mass is 9.80. The Labute approximate surface area is 168 Å². The fourth-order valence-electron chi connectivity index (χ4n) is 4.53. The molecule has 1 aromatic rings. The van der Waals surface area contributed by atoms with Gasteiger partial charge in [-0.1, -0.05) is 48.7 Å². The summed E-state index contributed by atoms with van der Waals surface area (Å²) in [6, 6.07) is 6.74. The minimum absolute atomic E-state index is 0.0269. The van der Waals surface area contributed by atoms with E-state index in [4.69, 9.17) is 24.4 Å². The molecule has 0 bridgehead atoms. The lowest BCUT2D eigenvalue weighted by molar-refractivity contribution is -0.131. The molecule has 7 heteroatoms. The Kier molecular flexibility index (Phi) is 5.11. The molecule has 1 aromatic carbocycles. The monoisotopic (exact) mass is 400 g/mol. The Morgan fingerprint density at radius 2 is 1.52 bits per heavy atom. The number of Topliss-reactive ketones (excluding diaryl/α,β-unsaturated/α-hetero) is 2. The normalized spacial score (nSPS) is 30.5. The summed E-state index contributed by atoms with van der Waals surface area (Å²) in [6.45, 7) is 0.726. The summed E-state index contributed by atoms with van der Waals surface area (Å²) in [5.41, 5.74) is 2.38. The van der Waals surface area contributed by atoms with Crippen molar-refractivity contribution in [3.63, 3.8) is 0 Å². The molecule has 0 aromatic heterocycles. The van der Waals surface area contributed by atoms with Crippen LogP contribution in [0.3, 0.4) is 0 Å². The molecule has 0 amide bonds. The van der Waals surface area contributed by atoms with E-state index >= 15 is 0 Å². The van der Waals surface area contributed by atoms with Crippen molar-refractivity contribution in [2.24, 2.45) is 17.8 Å². The maximum atomic E-state index is 13.3. The van der Waals surface area contributed by atoms with Crippen molar-refractivity contribution in [1.29, 1.82) is 0 Å². The van der Waals surface area contributed by atoms with Crippen LogP contribution in [0.2, 0.25) is 0 Å². The van der Waals surface area contributed by atoms with Crippen LogP contribution in [0.4, 0.5) is 0 Å². The number of aldehydes is 1. The smallest absolute Gasteiger partial charge is 0.160 e. The van der Waals surface area contributed by atoms with E-state index < -0.39 is 23.9 Å². The fraction of sp³-hybridized carbons (Fsp3) is 0.450. The van der Waals surface area contributed by atoms with Gasteiger partial charge in [0.15, 0.2) is 5.78 Å². The Hall–Kier alpha value is -1.67. The van der Waals surface area contributed by atoms with Crippen molar-refractivity contribution in [3.05, 3.63) is 35.4 Å². The van der Waals surface area contributed by atoms with E-state index in [0.29, 0.717) is 35.7 Å². The van der Waals surface area contributed by atoms with Gasteiger partial charge >= 0.3 is 0 Å². The number of ketones is 2. The van der Waals surface area contributed by atoms with Crippen molar-refractivity contribution < 1.29 is 14.4 Å². The van der Waals surface area contributed by atoms with Gasteiger partial charge in [-0.2, -0.15) is 0 Å². The fourth-order valence-corrected chi connectivity index (χ4v) is 5.21. The first-order valence-corrected chi connectivity index (χ1v) is 9.94. The van der Waals surface area contributed by atoms with E-state index in [2.05, 4.69) is 10.6 Å². The van der Waals surface area contributed by atoms with E-state index in [9.17, 15) is 14.4 Å². The van der Waals surface area contributed by atoms with Gasteiger partial charge in [0.1, 0.15) is 12.1 Å². The molecule has 4 rings (SSSR count). The average Bonchev–Trinajstić information content (AvgIpc) is 3.36. The zero-order valence-corrected chi connectivity index (χ0v) is 16.3. The van der Waals surface area contributed by atoms with Gasteiger partial charge < -0.3 is 15.4 Å². The number of hydrogen-bond donors (Lipinski definition) is 2. The average molecular weight is 401 g/mol. The SMILES string of the molecule is O=C[C@H]1NCC(=S)C1C(=O)[C@H]1NCC(=S)C1C(=O)C1Cc2ccccc2C1. The first-order valence-electron chi connectivity index (χ1n) is 9.13. The third-order valence-electron chi connectivity index (χ3n) is 5.91. The molecule has 2 saturated heterocycles. The summed E-state index contributed by atoms with van der Waals surface area (Å²) in [7, 11) is 0. The highest BCUT2D eigenvalue weighted by atomic mass is 32.1. The van der Waals surface area contributed by atoms with Crippen molar-refractivity contribution >= 4 is 52.0 Å². The van der Waals surface area contributed by atoms with E-state index in [1.165, 1.54) is 11.1 Å². The Bertz CT molecular complexity index is 828. The predicted molar refractivity (Wildman–Crippen MR) is 109 cm³/mol. The van der Waals surface area contributed by atoms with Crippen molar-refractivity contribution in [2.75, 3.05) is 13.1 Å². The molecular weight excluding hydrogens is 380 g/mol. The van der Waals surface area contributed by atoms with Gasteiger partial charge in [-0.05, 0) is 24.0 Å². The summed E-state index contributed by atoms with van der Waals surface area (Å²) in [5, 5.41) is 6.07. The largest absolute Gasteiger partial charge is 0.302 e. The molecular formula is C20H20N2O3S2. The number of nitrogens with one attached hydrogen (secondary N) is 2. The summed E-state index contributed by atoms with van der Waals surface area (Å²) in [6.07, 6.45) is 2.10. The van der Waals surface area contributed by atoms with E-state index in [-0.39, 0.29) is 17.5 Å². The number of hydrogen-bond acceptors (Lipinski definition) is 7. The maximum absolute atomic E-state index is 13.3. The second-order valence-corrected chi connectivity index (χ2v) is 8.52. The van der Waals surface area contributed by atoms with Gasteiger partial charge in [0.05, 0.1) is 23.9 Å². The first-order chi connectivity index (χ1) is 13.0. The van der Waals surface area contributed by atoms with E-state index in [0.717, 1.165) is 6.29 Å². The first kappa shape index (κ1) is 18.7. The lowest BCUT2D eigenvalue weighted by Crippen LogP contribution is -2.48. The number of benzene rings is 1. The van der Waals surface area contributed by atoms with Gasteiger partial charge in [0.25, 0.3) is 0 Å². The molecule has 0 spiro atoms. The Morgan fingerprint density at radius 3 is 2.15 bits per heavy atom. The molecule has 2 fully saturated rings. The molecule has 0 radical (unpaired) electrons. The number of carbonyl (C=O) groups is 3. The zero-order valence-electron chi connectivity index (χ0n) is 14.6. The molecule has 1 aliphatic carbocycles. The van der Waals surface area contributed by atoms with Gasteiger partial charge in [0, 0.05) is 28.7 Å². The Morgan fingerprint density at radius 1 is 0.926 bits per heavy atom. The summed E-state index contributed by atoms with van der Waals surface area (Å²) in [4.78, 5) is 38.9. The van der Waals surface area contributed by atoms with Crippen molar-refractivity contribution in [1.82, 2.24) is 10.6 Å². The quantitative estimate of drug-likeness (QED) is 0.555. The van der Waals surface area contributed by atoms with Gasteiger partial charge in [-0.15, -0.1) is 0 Å². The third kappa shape index (κ3) is 3.23. The van der Waals surface area contributed by atoms with Crippen LogP contribution in [0.1, 0.15) is 11.1 Å².